The molecule has 110 valence electrons. The van der Waals surface area contributed by atoms with Gasteiger partial charge in [-0.15, -0.1) is 10.2 Å². The van der Waals surface area contributed by atoms with Crippen LogP contribution in [0.1, 0.15) is 5.56 Å². The van der Waals surface area contributed by atoms with E-state index in [-0.39, 0.29) is 0 Å². The zero-order valence-electron chi connectivity index (χ0n) is 12.4. The van der Waals surface area contributed by atoms with E-state index in [4.69, 9.17) is 0 Å². The van der Waals surface area contributed by atoms with Gasteiger partial charge in [0.1, 0.15) is 6.33 Å². The first kappa shape index (κ1) is 12.4. The van der Waals surface area contributed by atoms with Gasteiger partial charge in [-0.05, 0) is 23.1 Å². The molecule has 0 fully saturated rings. The Balaban J connectivity index is 1.93. The lowest BCUT2D eigenvalue weighted by Gasteiger charge is -2.16. The van der Waals surface area contributed by atoms with Crippen LogP contribution < -0.4 is 0 Å². The molecule has 0 aliphatic rings. The average Bonchev–Trinajstić information content (AvgIpc) is 3.09. The second kappa shape index (κ2) is 4.68. The summed E-state index contributed by atoms with van der Waals surface area (Å²) in [4.78, 5) is 0. The summed E-state index contributed by atoms with van der Waals surface area (Å²) in [5.41, 5.74) is 3.57. The summed E-state index contributed by atoms with van der Waals surface area (Å²) in [7, 11) is 0. The first-order valence-electron chi connectivity index (χ1n) is 7.65. The molecule has 0 aliphatic heterocycles. The zero-order chi connectivity index (χ0) is 15.2. The van der Waals surface area contributed by atoms with Gasteiger partial charge in [0.25, 0.3) is 0 Å². The standard InChI is InChI=1S/C19H14N4/c1-2-6-14(7-3-1)12-22-16-10-4-8-15-9-5-11-17(18(15)16)23-13-20-21-19(22)23/h1-11,13H,12H2. The van der Waals surface area contributed by atoms with Gasteiger partial charge in [-0.1, -0.05) is 54.6 Å². The highest BCUT2D eigenvalue weighted by molar-refractivity contribution is 6.08. The van der Waals surface area contributed by atoms with E-state index < -0.39 is 0 Å². The molecule has 0 saturated heterocycles. The van der Waals surface area contributed by atoms with Crippen LogP contribution in [0.3, 0.4) is 0 Å². The number of hydrogen-bond acceptors (Lipinski definition) is 2. The third-order valence-electron chi connectivity index (χ3n) is 4.37. The van der Waals surface area contributed by atoms with E-state index in [2.05, 4.69) is 79.8 Å². The summed E-state index contributed by atoms with van der Waals surface area (Å²) in [5.74, 6) is 0.861. The van der Waals surface area contributed by atoms with Crippen LogP contribution in [0.5, 0.6) is 0 Å². The lowest BCUT2D eigenvalue weighted by Crippen LogP contribution is -2.08. The number of fused-ring (bicyclic) bond motifs is 2. The molecule has 0 bridgehead atoms. The zero-order valence-corrected chi connectivity index (χ0v) is 12.4. The maximum absolute atomic E-state index is 4.36. The van der Waals surface area contributed by atoms with E-state index in [1.54, 1.807) is 6.33 Å². The molecular formula is C19H14N4. The molecular weight excluding hydrogens is 284 g/mol. The van der Waals surface area contributed by atoms with Crippen molar-refractivity contribution in [2.75, 3.05) is 0 Å². The predicted molar refractivity (Wildman–Crippen MR) is 91.5 cm³/mol. The van der Waals surface area contributed by atoms with Gasteiger partial charge in [0.15, 0.2) is 0 Å². The molecule has 0 atom stereocenters. The van der Waals surface area contributed by atoms with Gasteiger partial charge >= 0.3 is 0 Å². The molecule has 2 heterocycles. The van der Waals surface area contributed by atoms with Gasteiger partial charge in [-0.3, -0.25) is 4.40 Å². The summed E-state index contributed by atoms with van der Waals surface area (Å²) >= 11 is 0. The van der Waals surface area contributed by atoms with Crippen molar-refractivity contribution in [3.63, 3.8) is 0 Å². The molecule has 23 heavy (non-hydrogen) atoms. The quantitative estimate of drug-likeness (QED) is 0.495. The Morgan fingerprint density at radius 3 is 2.39 bits per heavy atom. The maximum atomic E-state index is 4.36. The van der Waals surface area contributed by atoms with Crippen LogP contribution >= 0.6 is 0 Å². The first-order chi connectivity index (χ1) is 11.4. The van der Waals surface area contributed by atoms with Gasteiger partial charge < -0.3 is 4.57 Å². The second-order valence-electron chi connectivity index (χ2n) is 5.73. The van der Waals surface area contributed by atoms with Crippen molar-refractivity contribution in [3.05, 3.63) is 78.6 Å². The highest BCUT2D eigenvalue weighted by Crippen LogP contribution is 2.28. The van der Waals surface area contributed by atoms with E-state index in [0.29, 0.717) is 0 Å². The third-order valence-corrected chi connectivity index (χ3v) is 4.37. The van der Waals surface area contributed by atoms with Crippen molar-refractivity contribution in [2.24, 2.45) is 0 Å². The smallest absolute Gasteiger partial charge is 0.236 e. The van der Waals surface area contributed by atoms with E-state index >= 15 is 0 Å². The highest BCUT2D eigenvalue weighted by atomic mass is 15.3. The number of benzene rings is 3. The lowest BCUT2D eigenvalue weighted by molar-refractivity contribution is 0.823. The van der Waals surface area contributed by atoms with E-state index in [1.807, 2.05) is 6.07 Å². The summed E-state index contributed by atoms with van der Waals surface area (Å²) < 4.78 is 4.30. The molecule has 0 saturated carbocycles. The SMILES string of the molecule is c1ccc(Cn2c3cccc4cccc(c43)n3cnnc23)cc1. The van der Waals surface area contributed by atoms with Crippen molar-refractivity contribution in [3.8, 4) is 0 Å². The molecule has 2 aromatic heterocycles. The summed E-state index contributed by atoms with van der Waals surface area (Å²) in [6, 6.07) is 23.2. The first-order valence-corrected chi connectivity index (χ1v) is 7.65. The van der Waals surface area contributed by atoms with Gasteiger partial charge in [0.05, 0.1) is 17.6 Å². The Morgan fingerprint density at radius 1 is 0.783 bits per heavy atom. The van der Waals surface area contributed by atoms with Crippen LogP contribution in [0.2, 0.25) is 0 Å². The Kier molecular flexibility index (Phi) is 2.52. The summed E-state index contributed by atoms with van der Waals surface area (Å²) in [6.45, 7) is 0.771. The minimum absolute atomic E-state index is 0.771. The van der Waals surface area contributed by atoms with Gasteiger partial charge in [-0.25, -0.2) is 0 Å². The van der Waals surface area contributed by atoms with Gasteiger partial charge in [0.2, 0.25) is 5.78 Å². The van der Waals surface area contributed by atoms with Crippen LogP contribution in [-0.4, -0.2) is 19.2 Å². The van der Waals surface area contributed by atoms with E-state index in [9.17, 15) is 0 Å². The average molecular weight is 298 g/mol. The largest absolute Gasteiger partial charge is 0.305 e. The van der Waals surface area contributed by atoms with Crippen molar-refractivity contribution in [2.45, 2.75) is 6.54 Å². The van der Waals surface area contributed by atoms with Crippen molar-refractivity contribution >= 4 is 27.6 Å². The molecule has 0 unspecified atom stereocenters. The predicted octanol–water partition coefficient (Wildman–Crippen LogP) is 3.89. The normalized spacial score (nSPS) is 11.7. The molecule has 4 heteroatoms. The number of rotatable bonds is 2. The summed E-state index contributed by atoms with van der Waals surface area (Å²) in [5, 5.41) is 11.0. The molecule has 5 aromatic rings. The maximum Gasteiger partial charge on any atom is 0.236 e. The van der Waals surface area contributed by atoms with Crippen molar-refractivity contribution in [1.29, 1.82) is 0 Å². The van der Waals surface area contributed by atoms with Crippen LogP contribution in [0, 0.1) is 0 Å². The van der Waals surface area contributed by atoms with Crippen LogP contribution in [0.15, 0.2) is 73.1 Å². The molecule has 0 spiro atoms. The number of nitrogens with zero attached hydrogens (tertiary/aromatic N) is 4. The molecule has 5 rings (SSSR count). The lowest BCUT2D eigenvalue weighted by atomic mass is 10.1. The molecule has 0 radical (unpaired) electrons. The monoisotopic (exact) mass is 298 g/mol. The van der Waals surface area contributed by atoms with E-state index in [1.165, 1.54) is 21.9 Å². The Hall–Kier alpha value is -3.14. The van der Waals surface area contributed by atoms with E-state index in [0.717, 1.165) is 17.8 Å². The molecule has 4 nitrogen and oxygen atoms in total. The fourth-order valence-electron chi connectivity index (χ4n) is 3.34. The molecule has 0 amide bonds. The topological polar surface area (TPSA) is 35.1 Å². The van der Waals surface area contributed by atoms with Crippen LogP contribution in [-0.2, 0) is 6.54 Å². The summed E-state index contributed by atoms with van der Waals surface area (Å²) in [6.07, 6.45) is 1.79. The Bertz CT molecular complexity index is 1130. The van der Waals surface area contributed by atoms with Gasteiger partial charge in [-0.2, -0.15) is 0 Å². The second-order valence-corrected chi connectivity index (χ2v) is 5.73. The minimum atomic E-state index is 0.771. The van der Waals surface area contributed by atoms with Crippen molar-refractivity contribution in [1.82, 2.24) is 19.2 Å². The minimum Gasteiger partial charge on any atom is -0.305 e. The van der Waals surface area contributed by atoms with Crippen LogP contribution in [0.25, 0.3) is 27.6 Å². The Morgan fingerprint density at radius 2 is 1.57 bits per heavy atom. The fraction of sp³-hybridized carbons (Fsp3) is 0.0526. The highest BCUT2D eigenvalue weighted by Gasteiger charge is 2.13. The third kappa shape index (κ3) is 1.78. The number of hydrogen-bond donors (Lipinski definition) is 0. The van der Waals surface area contributed by atoms with Crippen LogP contribution in [0.4, 0.5) is 0 Å². The van der Waals surface area contributed by atoms with Gasteiger partial charge in [0, 0.05) is 5.39 Å². The molecule has 0 N–H and O–H groups in total. The number of aromatic nitrogens is 4. The fourth-order valence-corrected chi connectivity index (χ4v) is 3.34. The Labute approximate surface area is 132 Å². The molecule has 3 aromatic carbocycles. The van der Waals surface area contributed by atoms with Crippen molar-refractivity contribution < 1.29 is 0 Å². The molecule has 0 aliphatic carbocycles.